The summed E-state index contributed by atoms with van der Waals surface area (Å²) in [4.78, 5) is 38.7. The van der Waals surface area contributed by atoms with Gasteiger partial charge in [0.2, 0.25) is 17.7 Å². The van der Waals surface area contributed by atoms with Crippen molar-refractivity contribution in [3.63, 3.8) is 0 Å². The first-order chi connectivity index (χ1) is 15.4. The molecule has 0 unspecified atom stereocenters. The van der Waals surface area contributed by atoms with Gasteiger partial charge in [-0.3, -0.25) is 19.5 Å². The van der Waals surface area contributed by atoms with Crippen LogP contribution in [0.4, 0.5) is 11.8 Å². The predicted octanol–water partition coefficient (Wildman–Crippen LogP) is 1.04. The molecular formula is C19H26N6O6S. The fourth-order valence-corrected chi connectivity index (χ4v) is 4.07. The van der Waals surface area contributed by atoms with Gasteiger partial charge in [0.1, 0.15) is 16.9 Å². The summed E-state index contributed by atoms with van der Waals surface area (Å²) in [5, 5.41) is 11.6. The van der Waals surface area contributed by atoms with Crippen molar-refractivity contribution in [2.45, 2.75) is 32.5 Å². The van der Waals surface area contributed by atoms with Crippen LogP contribution in [0.25, 0.3) is 0 Å². The molecule has 2 aromatic heterocycles. The second-order valence-corrected chi connectivity index (χ2v) is 7.73. The van der Waals surface area contributed by atoms with Crippen molar-refractivity contribution in [1.82, 2.24) is 14.8 Å². The molecule has 1 fully saturated rings. The average Bonchev–Trinajstić information content (AvgIpc) is 3.33. The molecule has 0 radical (unpaired) electrons. The molecule has 1 aliphatic rings. The normalized spacial score (nSPS) is 13.8. The van der Waals surface area contributed by atoms with Crippen molar-refractivity contribution < 1.29 is 28.3 Å². The first-order valence-corrected chi connectivity index (χ1v) is 11.1. The summed E-state index contributed by atoms with van der Waals surface area (Å²) in [6.45, 7) is 8.54. The zero-order valence-electron chi connectivity index (χ0n) is 18.2. The number of esters is 1. The Morgan fingerprint density at radius 2 is 1.91 bits per heavy atom. The van der Waals surface area contributed by atoms with Crippen LogP contribution < -0.4 is 16.0 Å². The van der Waals surface area contributed by atoms with Gasteiger partial charge in [0.25, 0.3) is 5.91 Å². The molecule has 174 valence electrons. The van der Waals surface area contributed by atoms with Crippen LogP contribution in [-0.4, -0.2) is 71.2 Å². The highest BCUT2D eigenvalue weighted by atomic mass is 32.2. The van der Waals surface area contributed by atoms with Crippen molar-refractivity contribution in [1.29, 1.82) is 0 Å². The van der Waals surface area contributed by atoms with E-state index in [2.05, 4.69) is 20.4 Å². The Morgan fingerprint density at radius 1 is 1.19 bits per heavy atom. The lowest BCUT2D eigenvalue weighted by Gasteiger charge is -2.27. The largest absolute Gasteiger partial charge is 0.462 e. The second-order valence-electron chi connectivity index (χ2n) is 6.79. The number of nitrogens with zero attached hydrogens (tertiary/aromatic N) is 4. The monoisotopic (exact) mass is 466 g/mol. The quantitative estimate of drug-likeness (QED) is 0.404. The molecule has 2 amide bonds. The molecule has 0 spiro atoms. The van der Waals surface area contributed by atoms with E-state index in [4.69, 9.17) is 19.6 Å². The number of aromatic nitrogens is 3. The van der Waals surface area contributed by atoms with E-state index in [9.17, 15) is 14.4 Å². The number of ether oxygens (including phenoxy) is 2. The van der Waals surface area contributed by atoms with Crippen molar-refractivity contribution in [3.8, 4) is 0 Å². The zero-order valence-corrected chi connectivity index (χ0v) is 19.0. The van der Waals surface area contributed by atoms with Crippen molar-refractivity contribution >= 4 is 41.4 Å². The Morgan fingerprint density at radius 3 is 2.53 bits per heavy atom. The van der Waals surface area contributed by atoms with Gasteiger partial charge in [-0.05, 0) is 20.8 Å². The third-order valence-electron chi connectivity index (χ3n) is 4.70. The summed E-state index contributed by atoms with van der Waals surface area (Å²) in [5.41, 5.74) is 5.11. The van der Waals surface area contributed by atoms with Gasteiger partial charge >= 0.3 is 5.97 Å². The highest BCUT2D eigenvalue weighted by Gasteiger charge is 2.29. The van der Waals surface area contributed by atoms with E-state index in [0.29, 0.717) is 24.9 Å². The molecule has 13 heteroatoms. The van der Waals surface area contributed by atoms with E-state index in [-0.39, 0.29) is 35.1 Å². The third kappa shape index (κ3) is 5.05. The highest BCUT2D eigenvalue weighted by Crippen LogP contribution is 2.28. The van der Waals surface area contributed by atoms with Gasteiger partial charge in [0.05, 0.1) is 25.6 Å². The highest BCUT2D eigenvalue weighted by molar-refractivity contribution is 7.99. The number of morpholine rings is 1. The van der Waals surface area contributed by atoms with E-state index < -0.39 is 17.8 Å². The first-order valence-electron chi connectivity index (χ1n) is 10.2. The summed E-state index contributed by atoms with van der Waals surface area (Å²) in [7, 11) is 0. The number of hydrogen-bond acceptors (Lipinski definition) is 10. The topological polar surface area (TPSA) is 155 Å². The van der Waals surface area contributed by atoms with Gasteiger partial charge < -0.3 is 24.5 Å². The fourth-order valence-electron chi connectivity index (χ4n) is 3.27. The maximum atomic E-state index is 12.5. The van der Waals surface area contributed by atoms with Gasteiger partial charge in [-0.1, -0.05) is 11.8 Å². The molecule has 0 bridgehead atoms. The number of amides is 2. The number of nitrogens with one attached hydrogen (secondary N) is 1. The summed E-state index contributed by atoms with van der Waals surface area (Å²) in [6, 6.07) is 0. The Kier molecular flexibility index (Phi) is 7.75. The zero-order chi connectivity index (χ0) is 23.3. The number of thioether (sulfide) groups is 1. The van der Waals surface area contributed by atoms with Gasteiger partial charge in [0, 0.05) is 19.6 Å². The molecule has 3 rings (SSSR count). The number of carbonyl (C=O) groups is 3. The maximum Gasteiger partial charge on any atom is 0.342 e. The maximum absolute atomic E-state index is 12.5. The molecule has 2 aromatic rings. The first kappa shape index (κ1) is 23.6. The smallest absolute Gasteiger partial charge is 0.342 e. The molecule has 0 aliphatic carbocycles. The van der Waals surface area contributed by atoms with Crippen LogP contribution in [-0.2, 0) is 20.8 Å². The predicted molar refractivity (Wildman–Crippen MR) is 116 cm³/mol. The van der Waals surface area contributed by atoms with E-state index >= 15 is 0 Å². The summed E-state index contributed by atoms with van der Waals surface area (Å²) < 4.78 is 17.7. The van der Waals surface area contributed by atoms with Crippen LogP contribution in [0.15, 0.2) is 9.57 Å². The van der Waals surface area contributed by atoms with Gasteiger partial charge in [-0.2, -0.15) is 0 Å². The van der Waals surface area contributed by atoms with Crippen LogP contribution in [0.5, 0.6) is 0 Å². The van der Waals surface area contributed by atoms with E-state index in [0.717, 1.165) is 19.0 Å². The molecular weight excluding hydrogens is 440 g/mol. The van der Waals surface area contributed by atoms with Gasteiger partial charge in [0.15, 0.2) is 5.16 Å². The number of hydrogen-bond donors (Lipinski definition) is 2. The van der Waals surface area contributed by atoms with Crippen molar-refractivity contribution in [3.05, 3.63) is 16.9 Å². The van der Waals surface area contributed by atoms with Gasteiger partial charge in [-0.25, -0.2) is 4.79 Å². The van der Waals surface area contributed by atoms with Crippen LogP contribution in [0.1, 0.15) is 40.3 Å². The fraction of sp³-hybridized carbons (Fsp3) is 0.526. The van der Waals surface area contributed by atoms with Crippen molar-refractivity contribution in [2.75, 3.05) is 48.9 Å². The van der Waals surface area contributed by atoms with E-state index in [1.54, 1.807) is 6.92 Å². The molecule has 0 aromatic carbocycles. The standard InChI is InChI=1S/C19H26N6O6S/c1-4-25-18(24-6-8-29-9-7-24)22-23-19(25)32-10-12(26)21-16-14(15(20)27)13(11(3)31-16)17(28)30-5-2/h4-10H2,1-3H3,(H2,20,27)(H,21,26). The molecule has 0 saturated carbocycles. The number of aryl methyl sites for hydroxylation is 1. The summed E-state index contributed by atoms with van der Waals surface area (Å²) >= 11 is 1.19. The molecule has 1 saturated heterocycles. The van der Waals surface area contributed by atoms with Gasteiger partial charge in [-0.15, -0.1) is 10.2 Å². The lowest BCUT2D eigenvalue weighted by atomic mass is 10.1. The van der Waals surface area contributed by atoms with Crippen LogP contribution in [0.3, 0.4) is 0 Å². The van der Waals surface area contributed by atoms with Crippen molar-refractivity contribution in [2.24, 2.45) is 5.73 Å². The second kappa shape index (κ2) is 10.5. The number of anilines is 2. The lowest BCUT2D eigenvalue weighted by Crippen LogP contribution is -2.38. The Balaban J connectivity index is 1.70. The third-order valence-corrected chi connectivity index (χ3v) is 5.67. The van der Waals surface area contributed by atoms with E-state index in [1.807, 2.05) is 11.5 Å². The number of primary amides is 1. The Labute approximate surface area is 188 Å². The number of nitrogens with two attached hydrogens (primary N) is 1. The minimum Gasteiger partial charge on any atom is -0.462 e. The summed E-state index contributed by atoms with van der Waals surface area (Å²) in [5.74, 6) is -1.46. The SMILES string of the molecule is CCOC(=O)c1c(C)oc(NC(=O)CSc2nnc(N3CCOCC3)n2CC)c1C(N)=O. The molecule has 3 heterocycles. The molecule has 12 nitrogen and oxygen atoms in total. The molecule has 1 aliphatic heterocycles. The Hall–Kier alpha value is -3.06. The molecule has 3 N–H and O–H groups in total. The van der Waals surface area contributed by atoms with Crippen LogP contribution in [0, 0.1) is 6.92 Å². The molecule has 0 atom stereocenters. The Bertz CT molecular complexity index is 997. The summed E-state index contributed by atoms with van der Waals surface area (Å²) in [6.07, 6.45) is 0. The minimum atomic E-state index is -0.909. The number of rotatable bonds is 9. The minimum absolute atomic E-state index is 0.0199. The molecule has 32 heavy (non-hydrogen) atoms. The number of furan rings is 1. The van der Waals surface area contributed by atoms with Crippen LogP contribution >= 0.6 is 11.8 Å². The number of carbonyl (C=O) groups excluding carboxylic acids is 3. The van der Waals surface area contributed by atoms with E-state index in [1.165, 1.54) is 18.7 Å². The van der Waals surface area contributed by atoms with Crippen LogP contribution in [0.2, 0.25) is 0 Å². The average molecular weight is 467 g/mol. The lowest BCUT2D eigenvalue weighted by molar-refractivity contribution is -0.113.